The van der Waals surface area contributed by atoms with Gasteiger partial charge in [-0.15, -0.1) is 0 Å². The lowest BCUT2D eigenvalue weighted by Crippen LogP contribution is -2.19. The minimum atomic E-state index is -0.527. The van der Waals surface area contributed by atoms with Gasteiger partial charge >= 0.3 is 5.97 Å². The maximum Gasteiger partial charge on any atom is 0.343 e. The van der Waals surface area contributed by atoms with E-state index < -0.39 is 11.9 Å². The van der Waals surface area contributed by atoms with E-state index >= 15 is 0 Å². The standard InChI is InChI=1S/C31H24ClN3O4/c1-19-8-7-11-24-27(23-10-4-5-12-25(23)32)29(34-28(19)24)30(36)35-33-18-21-9-3-6-13-26(21)39-31(37)20-14-16-22(38-2)17-15-20/h3-18,34H,1-2H3,(H,35,36). The highest BCUT2D eigenvalue weighted by Gasteiger charge is 2.21. The molecule has 39 heavy (non-hydrogen) atoms. The van der Waals surface area contributed by atoms with Crippen LogP contribution in [0.2, 0.25) is 5.02 Å². The van der Waals surface area contributed by atoms with Gasteiger partial charge in [0.25, 0.3) is 5.91 Å². The van der Waals surface area contributed by atoms with Gasteiger partial charge in [0.05, 0.1) is 18.9 Å². The summed E-state index contributed by atoms with van der Waals surface area (Å²) in [4.78, 5) is 29.2. The zero-order chi connectivity index (χ0) is 27.4. The largest absolute Gasteiger partial charge is 0.497 e. The molecule has 1 heterocycles. The first kappa shape index (κ1) is 25.8. The highest BCUT2D eigenvalue weighted by atomic mass is 35.5. The number of carbonyl (C=O) groups is 2. The van der Waals surface area contributed by atoms with E-state index in [0.717, 1.165) is 22.0 Å². The fraction of sp³-hybridized carbons (Fsp3) is 0.0645. The Balaban J connectivity index is 1.39. The van der Waals surface area contributed by atoms with Crippen LogP contribution in [0.3, 0.4) is 0 Å². The summed E-state index contributed by atoms with van der Waals surface area (Å²) in [5, 5.41) is 5.56. The van der Waals surface area contributed by atoms with E-state index in [1.807, 2.05) is 43.3 Å². The molecule has 1 amide bonds. The van der Waals surface area contributed by atoms with E-state index in [9.17, 15) is 9.59 Å². The van der Waals surface area contributed by atoms with Gasteiger partial charge in [-0.2, -0.15) is 5.10 Å². The molecule has 0 saturated carbocycles. The second kappa shape index (κ2) is 11.2. The highest BCUT2D eigenvalue weighted by molar-refractivity contribution is 6.34. The molecule has 194 valence electrons. The molecule has 0 saturated heterocycles. The number of aromatic amines is 1. The summed E-state index contributed by atoms with van der Waals surface area (Å²) in [7, 11) is 1.55. The first-order chi connectivity index (χ1) is 19.0. The summed E-state index contributed by atoms with van der Waals surface area (Å²) in [5.74, 6) is -0.0307. The number of H-pyrrole nitrogens is 1. The number of halogens is 1. The third kappa shape index (κ3) is 5.39. The Kier molecular flexibility index (Phi) is 7.43. The molecule has 0 fully saturated rings. The van der Waals surface area contributed by atoms with Crippen LogP contribution in [0.15, 0.2) is 96.1 Å². The van der Waals surface area contributed by atoms with Crippen molar-refractivity contribution < 1.29 is 19.1 Å². The van der Waals surface area contributed by atoms with Crippen molar-refractivity contribution in [1.82, 2.24) is 10.4 Å². The molecule has 0 spiro atoms. The molecular weight excluding hydrogens is 514 g/mol. The minimum Gasteiger partial charge on any atom is -0.497 e. The number of fused-ring (bicyclic) bond motifs is 1. The quantitative estimate of drug-likeness (QED) is 0.103. The maximum atomic E-state index is 13.3. The van der Waals surface area contributed by atoms with Crippen LogP contribution >= 0.6 is 11.6 Å². The highest BCUT2D eigenvalue weighted by Crippen LogP contribution is 2.37. The van der Waals surface area contributed by atoms with Crippen LogP contribution in [0, 0.1) is 6.92 Å². The number of ether oxygens (including phenoxy) is 2. The van der Waals surface area contributed by atoms with Gasteiger partial charge in [0.1, 0.15) is 17.2 Å². The van der Waals surface area contributed by atoms with Crippen LogP contribution < -0.4 is 14.9 Å². The molecule has 8 heteroatoms. The number of hydrogen-bond donors (Lipinski definition) is 2. The number of nitrogens with one attached hydrogen (secondary N) is 2. The molecule has 5 aromatic rings. The van der Waals surface area contributed by atoms with Gasteiger partial charge in [-0.25, -0.2) is 10.2 Å². The normalized spacial score (nSPS) is 11.1. The Morgan fingerprint density at radius 2 is 1.67 bits per heavy atom. The molecule has 0 aliphatic heterocycles. The van der Waals surface area contributed by atoms with Crippen molar-refractivity contribution in [3.8, 4) is 22.6 Å². The third-order valence-electron chi connectivity index (χ3n) is 6.23. The molecule has 0 unspecified atom stereocenters. The second-order valence-corrected chi connectivity index (χ2v) is 9.11. The van der Waals surface area contributed by atoms with Crippen molar-refractivity contribution in [2.45, 2.75) is 6.92 Å². The Morgan fingerprint density at radius 1 is 0.923 bits per heavy atom. The van der Waals surface area contributed by atoms with E-state index in [0.29, 0.717) is 38.9 Å². The fourth-order valence-electron chi connectivity index (χ4n) is 4.26. The van der Waals surface area contributed by atoms with Crippen molar-refractivity contribution in [1.29, 1.82) is 0 Å². The van der Waals surface area contributed by atoms with Gasteiger partial charge in [0.2, 0.25) is 0 Å². The molecule has 5 rings (SSSR count). The summed E-state index contributed by atoms with van der Waals surface area (Å²) in [6, 6.07) is 26.8. The molecule has 0 bridgehead atoms. The van der Waals surface area contributed by atoms with Crippen LogP contribution in [-0.4, -0.2) is 30.2 Å². The summed E-state index contributed by atoms with van der Waals surface area (Å²) in [6.07, 6.45) is 1.43. The van der Waals surface area contributed by atoms with E-state index in [2.05, 4.69) is 15.5 Å². The minimum absolute atomic E-state index is 0.300. The number of hydrogen-bond acceptors (Lipinski definition) is 5. The number of amides is 1. The summed E-state index contributed by atoms with van der Waals surface area (Å²) in [6.45, 7) is 1.97. The van der Waals surface area contributed by atoms with Crippen LogP contribution in [0.4, 0.5) is 0 Å². The molecular formula is C31H24ClN3O4. The number of hydrazone groups is 1. The van der Waals surface area contributed by atoms with Crippen molar-refractivity contribution in [2.24, 2.45) is 5.10 Å². The lowest BCUT2D eigenvalue weighted by atomic mass is 10.0. The average molecular weight is 538 g/mol. The van der Waals surface area contributed by atoms with Crippen LogP contribution in [0.1, 0.15) is 32.0 Å². The predicted molar refractivity (Wildman–Crippen MR) is 153 cm³/mol. The zero-order valence-corrected chi connectivity index (χ0v) is 22.0. The molecule has 0 aliphatic rings. The van der Waals surface area contributed by atoms with E-state index in [4.69, 9.17) is 21.1 Å². The Labute approximate surface area is 230 Å². The number of aromatic nitrogens is 1. The van der Waals surface area contributed by atoms with Crippen molar-refractivity contribution in [3.63, 3.8) is 0 Å². The lowest BCUT2D eigenvalue weighted by molar-refractivity contribution is 0.0734. The summed E-state index contributed by atoms with van der Waals surface area (Å²) < 4.78 is 10.7. The Morgan fingerprint density at radius 3 is 2.44 bits per heavy atom. The monoisotopic (exact) mass is 537 g/mol. The Hall–Kier alpha value is -4.88. The van der Waals surface area contributed by atoms with Crippen LogP contribution in [0.5, 0.6) is 11.5 Å². The number of methoxy groups -OCH3 is 1. The molecule has 0 aliphatic carbocycles. The number of benzene rings is 4. The number of esters is 1. The molecule has 4 aromatic carbocycles. The van der Waals surface area contributed by atoms with Gasteiger partial charge in [-0.1, -0.05) is 60.1 Å². The molecule has 0 atom stereocenters. The van der Waals surface area contributed by atoms with E-state index in [1.165, 1.54) is 6.21 Å². The summed E-state index contributed by atoms with van der Waals surface area (Å²) in [5.41, 5.74) is 7.08. The maximum absolute atomic E-state index is 13.3. The SMILES string of the molecule is COc1ccc(C(=O)Oc2ccccc2C=NNC(=O)c2[nH]c3c(C)cccc3c2-c2ccccc2Cl)cc1. The van der Waals surface area contributed by atoms with Gasteiger partial charge in [-0.3, -0.25) is 4.79 Å². The predicted octanol–water partition coefficient (Wildman–Crippen LogP) is 6.79. The van der Waals surface area contributed by atoms with Crippen molar-refractivity contribution >= 4 is 40.6 Å². The number of nitrogens with zero attached hydrogens (tertiary/aromatic N) is 1. The first-order valence-corrected chi connectivity index (χ1v) is 12.5. The average Bonchev–Trinajstić information content (AvgIpc) is 3.35. The molecule has 2 N–H and O–H groups in total. The number of carbonyl (C=O) groups excluding carboxylic acids is 2. The van der Waals surface area contributed by atoms with E-state index in [1.54, 1.807) is 61.7 Å². The van der Waals surface area contributed by atoms with Crippen LogP contribution in [-0.2, 0) is 0 Å². The molecule has 0 radical (unpaired) electrons. The smallest absolute Gasteiger partial charge is 0.343 e. The van der Waals surface area contributed by atoms with E-state index in [-0.39, 0.29) is 0 Å². The number of rotatable bonds is 7. The van der Waals surface area contributed by atoms with Crippen LogP contribution in [0.25, 0.3) is 22.0 Å². The van der Waals surface area contributed by atoms with Gasteiger partial charge < -0.3 is 14.5 Å². The van der Waals surface area contributed by atoms with Crippen molar-refractivity contribution in [3.05, 3.63) is 118 Å². The fourth-order valence-corrected chi connectivity index (χ4v) is 4.49. The molecule has 1 aromatic heterocycles. The second-order valence-electron chi connectivity index (χ2n) is 8.71. The molecule has 7 nitrogen and oxygen atoms in total. The Bertz CT molecular complexity index is 1710. The van der Waals surface area contributed by atoms with Crippen molar-refractivity contribution in [2.75, 3.05) is 7.11 Å². The topological polar surface area (TPSA) is 92.8 Å². The van der Waals surface area contributed by atoms with Gasteiger partial charge in [0.15, 0.2) is 0 Å². The van der Waals surface area contributed by atoms with Gasteiger partial charge in [0, 0.05) is 32.6 Å². The third-order valence-corrected chi connectivity index (χ3v) is 6.56. The van der Waals surface area contributed by atoms with Gasteiger partial charge in [-0.05, 0) is 55.0 Å². The number of para-hydroxylation sites is 2. The lowest BCUT2D eigenvalue weighted by Gasteiger charge is -2.08. The number of aryl methyl sites for hydroxylation is 1. The zero-order valence-electron chi connectivity index (χ0n) is 21.2. The summed E-state index contributed by atoms with van der Waals surface area (Å²) >= 11 is 6.51. The first-order valence-electron chi connectivity index (χ1n) is 12.1.